The summed E-state index contributed by atoms with van der Waals surface area (Å²) in [5.41, 5.74) is 0.517. The average Bonchev–Trinajstić information content (AvgIpc) is 2.86. The second-order valence-corrected chi connectivity index (χ2v) is 9.56. The van der Waals surface area contributed by atoms with E-state index in [0.717, 1.165) is 37.0 Å². The summed E-state index contributed by atoms with van der Waals surface area (Å²) in [6.07, 6.45) is 6.65. The number of hydrogen-bond acceptors (Lipinski definition) is 6. The molecule has 1 heterocycles. The van der Waals surface area contributed by atoms with Gasteiger partial charge in [-0.15, -0.1) is 0 Å². The zero-order valence-corrected chi connectivity index (χ0v) is 17.7. The second-order valence-electron chi connectivity index (χ2n) is 6.88. The Morgan fingerprint density at radius 2 is 1.79 bits per heavy atom. The maximum absolute atomic E-state index is 12.6. The lowest BCUT2D eigenvalue weighted by Gasteiger charge is -2.15. The minimum absolute atomic E-state index is 0.102. The molecule has 9 heteroatoms. The van der Waals surface area contributed by atoms with E-state index < -0.39 is 10.0 Å². The third-order valence-corrected chi connectivity index (χ3v) is 7.34. The van der Waals surface area contributed by atoms with Crippen LogP contribution in [-0.2, 0) is 10.0 Å². The molecule has 7 nitrogen and oxygen atoms in total. The molecule has 1 amide bonds. The number of aromatic nitrogens is 1. The van der Waals surface area contributed by atoms with Crippen LogP contribution in [0, 0.1) is 6.92 Å². The molecule has 0 atom stereocenters. The molecule has 1 aliphatic carbocycles. The van der Waals surface area contributed by atoms with E-state index in [0.29, 0.717) is 16.3 Å². The first-order chi connectivity index (χ1) is 13.4. The number of anilines is 1. The molecule has 0 radical (unpaired) electrons. The minimum atomic E-state index is -3.79. The van der Waals surface area contributed by atoms with Crippen molar-refractivity contribution < 1.29 is 17.9 Å². The van der Waals surface area contributed by atoms with Crippen LogP contribution in [0.3, 0.4) is 0 Å². The highest BCUT2D eigenvalue weighted by molar-refractivity contribution is 7.93. The van der Waals surface area contributed by atoms with Gasteiger partial charge >= 0.3 is 0 Å². The Morgan fingerprint density at radius 1 is 1.14 bits per heavy atom. The van der Waals surface area contributed by atoms with Gasteiger partial charge in [0.05, 0.1) is 17.7 Å². The monoisotopic (exact) mass is 423 g/mol. The van der Waals surface area contributed by atoms with Gasteiger partial charge in [0, 0.05) is 6.04 Å². The van der Waals surface area contributed by atoms with E-state index in [9.17, 15) is 13.2 Å². The quantitative estimate of drug-likeness (QED) is 0.690. The Hall–Kier alpha value is -2.13. The van der Waals surface area contributed by atoms with Crippen LogP contribution < -0.4 is 14.8 Å². The number of aryl methyl sites for hydroxylation is 1. The van der Waals surface area contributed by atoms with Gasteiger partial charge in [-0.25, -0.2) is 13.4 Å². The van der Waals surface area contributed by atoms with Crippen molar-refractivity contribution in [2.75, 3.05) is 11.8 Å². The Bertz CT molecular complexity index is 915. The van der Waals surface area contributed by atoms with Crippen LogP contribution in [-0.4, -0.2) is 32.5 Å². The van der Waals surface area contributed by atoms with Crippen LogP contribution >= 0.6 is 11.3 Å². The van der Waals surface area contributed by atoms with Crippen LogP contribution in [0.25, 0.3) is 0 Å². The number of rotatable bonds is 6. The van der Waals surface area contributed by atoms with Crippen LogP contribution in [0.1, 0.15) is 53.9 Å². The SMILES string of the molecule is COc1ccc(S(=O)(=O)Nc2nc(C)c(C(=O)NC3CCCCCC3)s2)cc1. The van der Waals surface area contributed by atoms with Crippen molar-refractivity contribution in [1.82, 2.24) is 10.3 Å². The lowest BCUT2D eigenvalue weighted by Crippen LogP contribution is -2.34. The van der Waals surface area contributed by atoms with Crippen LogP contribution in [0.2, 0.25) is 0 Å². The zero-order chi connectivity index (χ0) is 20.1. The molecule has 2 aromatic rings. The fourth-order valence-electron chi connectivity index (χ4n) is 3.25. The molecule has 0 saturated heterocycles. The van der Waals surface area contributed by atoms with Crippen molar-refractivity contribution in [2.24, 2.45) is 0 Å². The molecule has 1 aromatic heterocycles. The number of hydrogen-bond donors (Lipinski definition) is 2. The van der Waals surface area contributed by atoms with Crippen molar-refractivity contribution in [3.8, 4) is 5.75 Å². The number of sulfonamides is 1. The van der Waals surface area contributed by atoms with Crippen molar-refractivity contribution in [1.29, 1.82) is 0 Å². The molecule has 0 aliphatic heterocycles. The number of benzene rings is 1. The molecule has 28 heavy (non-hydrogen) atoms. The van der Waals surface area contributed by atoms with E-state index in [4.69, 9.17) is 4.74 Å². The van der Waals surface area contributed by atoms with E-state index in [1.165, 1.54) is 32.1 Å². The normalized spacial score (nSPS) is 15.6. The number of methoxy groups -OCH3 is 1. The smallest absolute Gasteiger partial charge is 0.263 e. The minimum Gasteiger partial charge on any atom is -0.497 e. The second kappa shape index (κ2) is 8.91. The highest BCUT2D eigenvalue weighted by Gasteiger charge is 2.22. The number of nitrogens with zero attached hydrogens (tertiary/aromatic N) is 1. The maximum atomic E-state index is 12.6. The Balaban J connectivity index is 1.71. The third kappa shape index (κ3) is 5.02. The van der Waals surface area contributed by atoms with Crippen molar-refractivity contribution in [3.05, 3.63) is 34.8 Å². The molecular formula is C19H25N3O4S2. The number of thiazole rings is 1. The molecule has 0 bridgehead atoms. The number of carbonyl (C=O) groups is 1. The molecular weight excluding hydrogens is 398 g/mol. The van der Waals surface area contributed by atoms with Gasteiger partial charge in [0.2, 0.25) is 0 Å². The molecule has 1 aromatic carbocycles. The van der Waals surface area contributed by atoms with Gasteiger partial charge in [-0.1, -0.05) is 37.0 Å². The zero-order valence-electron chi connectivity index (χ0n) is 16.0. The Labute approximate surface area is 169 Å². The summed E-state index contributed by atoms with van der Waals surface area (Å²) in [5, 5.41) is 3.26. The van der Waals surface area contributed by atoms with Gasteiger partial charge in [-0.05, 0) is 44.0 Å². The molecule has 1 saturated carbocycles. The third-order valence-electron chi connectivity index (χ3n) is 4.78. The summed E-state index contributed by atoms with van der Waals surface area (Å²) < 4.78 is 32.6. The molecule has 1 aliphatic rings. The first-order valence-electron chi connectivity index (χ1n) is 9.34. The van der Waals surface area contributed by atoms with Gasteiger partial charge < -0.3 is 10.1 Å². The maximum Gasteiger partial charge on any atom is 0.263 e. The predicted molar refractivity (Wildman–Crippen MR) is 110 cm³/mol. The summed E-state index contributed by atoms with van der Waals surface area (Å²) in [5.74, 6) is 0.387. The number of amides is 1. The van der Waals surface area contributed by atoms with Gasteiger partial charge in [0.25, 0.3) is 15.9 Å². The van der Waals surface area contributed by atoms with Crippen molar-refractivity contribution in [3.63, 3.8) is 0 Å². The lowest BCUT2D eigenvalue weighted by atomic mass is 10.1. The molecule has 3 rings (SSSR count). The number of ether oxygens (including phenoxy) is 1. The van der Waals surface area contributed by atoms with Crippen molar-refractivity contribution in [2.45, 2.75) is 56.4 Å². The highest BCUT2D eigenvalue weighted by atomic mass is 32.2. The topological polar surface area (TPSA) is 97.4 Å². The van der Waals surface area contributed by atoms with E-state index in [-0.39, 0.29) is 22.0 Å². The van der Waals surface area contributed by atoms with Crippen LogP contribution in [0.4, 0.5) is 5.13 Å². The first-order valence-corrected chi connectivity index (χ1v) is 11.6. The van der Waals surface area contributed by atoms with Crippen LogP contribution in [0.5, 0.6) is 5.75 Å². The van der Waals surface area contributed by atoms with E-state index in [1.54, 1.807) is 19.1 Å². The van der Waals surface area contributed by atoms with Gasteiger partial charge in [-0.2, -0.15) is 0 Å². The summed E-state index contributed by atoms with van der Waals surface area (Å²) in [4.78, 5) is 17.4. The van der Waals surface area contributed by atoms with Crippen LogP contribution in [0.15, 0.2) is 29.2 Å². The number of nitrogens with one attached hydrogen (secondary N) is 2. The summed E-state index contributed by atoms with van der Waals surface area (Å²) in [6, 6.07) is 6.25. The Morgan fingerprint density at radius 3 is 2.39 bits per heavy atom. The van der Waals surface area contributed by atoms with Gasteiger partial charge in [0.15, 0.2) is 5.13 Å². The molecule has 2 N–H and O–H groups in total. The summed E-state index contributed by atoms with van der Waals surface area (Å²) in [6.45, 7) is 1.71. The van der Waals surface area contributed by atoms with E-state index in [1.807, 2.05) is 0 Å². The highest BCUT2D eigenvalue weighted by Crippen LogP contribution is 2.26. The molecule has 1 fully saturated rings. The fraction of sp³-hybridized carbons (Fsp3) is 0.474. The van der Waals surface area contributed by atoms with Gasteiger partial charge in [-0.3, -0.25) is 9.52 Å². The summed E-state index contributed by atoms with van der Waals surface area (Å²) >= 11 is 1.05. The van der Waals surface area contributed by atoms with E-state index in [2.05, 4.69) is 15.0 Å². The average molecular weight is 424 g/mol. The standard InChI is InChI=1S/C19H25N3O4S2/c1-13-17(18(23)21-14-7-5-3-4-6-8-14)27-19(20-13)22-28(24,25)16-11-9-15(26-2)10-12-16/h9-12,14H,3-8H2,1-2H3,(H,20,22)(H,21,23). The van der Waals surface area contributed by atoms with Gasteiger partial charge in [0.1, 0.15) is 10.6 Å². The van der Waals surface area contributed by atoms with E-state index >= 15 is 0 Å². The molecule has 0 unspecified atom stereocenters. The molecule has 0 spiro atoms. The first kappa shape index (κ1) is 20.6. The van der Waals surface area contributed by atoms with Crippen molar-refractivity contribution >= 4 is 32.4 Å². The lowest BCUT2D eigenvalue weighted by molar-refractivity contribution is 0.0936. The Kier molecular flexibility index (Phi) is 6.56. The fourth-order valence-corrected chi connectivity index (χ4v) is 5.36. The largest absolute Gasteiger partial charge is 0.497 e. The summed E-state index contributed by atoms with van der Waals surface area (Å²) in [7, 11) is -2.27. The molecule has 152 valence electrons. The number of carbonyl (C=O) groups excluding carboxylic acids is 1. The predicted octanol–water partition coefficient (Wildman–Crippen LogP) is 3.71.